The van der Waals surface area contributed by atoms with Gasteiger partial charge in [0.25, 0.3) is 0 Å². The van der Waals surface area contributed by atoms with Crippen molar-refractivity contribution in [2.75, 3.05) is 13.2 Å². The maximum absolute atomic E-state index is 12.9. The summed E-state index contributed by atoms with van der Waals surface area (Å²) in [6, 6.07) is 0. The van der Waals surface area contributed by atoms with Crippen LogP contribution in [0, 0.1) is 0 Å². The number of rotatable bonds is 58. The van der Waals surface area contributed by atoms with Crippen molar-refractivity contribution >= 4 is 17.9 Å². The highest BCUT2D eigenvalue weighted by molar-refractivity contribution is 5.71. The molecule has 0 aliphatic carbocycles. The largest absolute Gasteiger partial charge is 0.462 e. The topological polar surface area (TPSA) is 78.9 Å². The van der Waals surface area contributed by atoms with Gasteiger partial charge in [0.2, 0.25) is 0 Å². The molecule has 0 spiro atoms. The van der Waals surface area contributed by atoms with E-state index >= 15 is 0 Å². The highest BCUT2D eigenvalue weighted by Crippen LogP contribution is 2.16. The third-order valence-electron chi connectivity index (χ3n) is 13.7. The molecule has 0 amide bonds. The Bertz CT molecular complexity index is 1560. The average Bonchev–Trinajstić information content (AvgIpc) is 3.43. The molecule has 0 saturated heterocycles. The van der Waals surface area contributed by atoms with E-state index in [1.54, 1.807) is 0 Å². The van der Waals surface area contributed by atoms with Crippen LogP contribution in [0.15, 0.2) is 109 Å². The molecule has 0 radical (unpaired) electrons. The van der Waals surface area contributed by atoms with Gasteiger partial charge in [0, 0.05) is 19.3 Å². The van der Waals surface area contributed by atoms with Crippen molar-refractivity contribution in [3.8, 4) is 0 Å². The summed E-state index contributed by atoms with van der Waals surface area (Å²) in [6.07, 6.45) is 88.1. The number of unbranched alkanes of at least 4 members (excludes halogenated alkanes) is 29. The first-order valence-corrected chi connectivity index (χ1v) is 32.4. The SMILES string of the molecule is CC/C=C\C/C=C\C/C=C\C/C=C\C/C=C\CCCCCCCCCC(=O)OCC(COC(=O)CCCCC/C=C\C/C=C\C/C=C\CC)OC(=O)CCCCCCCCCCCCC/C=C\CCCCCCCCCC. The summed E-state index contributed by atoms with van der Waals surface area (Å²) < 4.78 is 16.9. The average molecular weight is 1070 g/mol. The Morgan fingerprint density at radius 2 is 0.506 bits per heavy atom. The van der Waals surface area contributed by atoms with E-state index in [1.807, 2.05) is 0 Å². The third-order valence-corrected chi connectivity index (χ3v) is 13.7. The van der Waals surface area contributed by atoms with E-state index < -0.39 is 6.10 Å². The number of carbonyl (C=O) groups is 3. The van der Waals surface area contributed by atoms with Crippen LogP contribution in [-0.2, 0) is 28.6 Å². The predicted molar refractivity (Wildman–Crippen MR) is 334 cm³/mol. The molecular weight excluding hydrogens is 949 g/mol. The third kappa shape index (κ3) is 62.8. The molecule has 1 unspecified atom stereocenters. The molecule has 0 N–H and O–H groups in total. The van der Waals surface area contributed by atoms with Gasteiger partial charge in [-0.1, -0.05) is 271 Å². The Morgan fingerprint density at radius 3 is 0.818 bits per heavy atom. The Kier molecular flexibility index (Phi) is 61.3. The monoisotopic (exact) mass is 1070 g/mol. The molecule has 0 aromatic rings. The lowest BCUT2D eigenvalue weighted by molar-refractivity contribution is -0.167. The predicted octanol–water partition coefficient (Wildman–Crippen LogP) is 22.2. The number of carbonyl (C=O) groups excluding carboxylic acids is 3. The Morgan fingerprint density at radius 1 is 0.273 bits per heavy atom. The minimum atomic E-state index is -0.798. The van der Waals surface area contributed by atoms with Crippen molar-refractivity contribution in [2.24, 2.45) is 0 Å². The summed E-state index contributed by atoms with van der Waals surface area (Å²) in [4.78, 5) is 38.3. The van der Waals surface area contributed by atoms with Gasteiger partial charge >= 0.3 is 17.9 Å². The van der Waals surface area contributed by atoms with Crippen molar-refractivity contribution in [2.45, 2.75) is 309 Å². The second-order valence-electron chi connectivity index (χ2n) is 21.3. The Hall–Kier alpha value is -3.93. The van der Waals surface area contributed by atoms with Crippen molar-refractivity contribution in [3.63, 3.8) is 0 Å². The molecule has 6 nitrogen and oxygen atoms in total. The lowest BCUT2D eigenvalue weighted by atomic mass is 10.0. The van der Waals surface area contributed by atoms with Gasteiger partial charge < -0.3 is 14.2 Å². The van der Waals surface area contributed by atoms with Crippen LogP contribution in [0.5, 0.6) is 0 Å². The molecule has 0 aromatic heterocycles. The number of allylic oxidation sites excluding steroid dienone is 18. The maximum Gasteiger partial charge on any atom is 0.306 e. The molecule has 440 valence electrons. The zero-order chi connectivity index (χ0) is 55.7. The van der Waals surface area contributed by atoms with E-state index in [4.69, 9.17) is 14.2 Å². The molecule has 0 saturated carbocycles. The molecule has 0 aromatic carbocycles. The lowest BCUT2D eigenvalue weighted by Gasteiger charge is -2.18. The second-order valence-corrected chi connectivity index (χ2v) is 21.3. The van der Waals surface area contributed by atoms with Crippen LogP contribution < -0.4 is 0 Å². The van der Waals surface area contributed by atoms with Crippen LogP contribution >= 0.6 is 0 Å². The quantitative estimate of drug-likeness (QED) is 0.0261. The zero-order valence-electron chi connectivity index (χ0n) is 50.4. The standard InChI is InChI=1S/C71H120O6/c1-4-7-10-13-16-19-22-25-27-29-31-33-35-37-39-41-43-46-49-52-55-58-61-64-70(73)76-67-68(66-75-69(72)63-60-57-54-51-48-45-24-21-18-15-12-9-6-3)77-71(74)65-62-59-56-53-50-47-44-42-40-38-36-34-32-30-28-26-23-20-17-14-11-8-5-2/h7,9-10,12,16,18-19,21,25,27,30-33,37,39,45,48,68H,4-6,8,11,13-15,17,20,22-24,26,28-29,34-36,38,40-44,46-47,49-67H2,1-3H3/b10-7-,12-9-,19-16-,21-18-,27-25-,32-30-,33-31-,39-37-,48-45-. The van der Waals surface area contributed by atoms with Gasteiger partial charge in [-0.05, 0) is 122 Å². The fourth-order valence-corrected chi connectivity index (χ4v) is 8.95. The van der Waals surface area contributed by atoms with Crippen LogP contribution in [0.2, 0.25) is 0 Å². The van der Waals surface area contributed by atoms with Crippen LogP contribution in [0.1, 0.15) is 303 Å². The normalized spacial score (nSPS) is 12.8. The van der Waals surface area contributed by atoms with Gasteiger partial charge in [-0.25, -0.2) is 0 Å². The van der Waals surface area contributed by atoms with Gasteiger partial charge in [0.05, 0.1) is 0 Å². The van der Waals surface area contributed by atoms with Crippen LogP contribution in [0.3, 0.4) is 0 Å². The van der Waals surface area contributed by atoms with E-state index in [2.05, 4.69) is 130 Å². The molecule has 6 heteroatoms. The van der Waals surface area contributed by atoms with E-state index in [0.717, 1.165) is 122 Å². The van der Waals surface area contributed by atoms with E-state index in [0.29, 0.717) is 19.3 Å². The van der Waals surface area contributed by atoms with Gasteiger partial charge in [-0.2, -0.15) is 0 Å². The summed E-state index contributed by atoms with van der Waals surface area (Å²) in [6.45, 7) is 6.40. The molecule has 0 aliphatic rings. The summed E-state index contributed by atoms with van der Waals surface area (Å²) in [5.41, 5.74) is 0. The summed E-state index contributed by atoms with van der Waals surface area (Å²) in [5.74, 6) is -0.928. The first-order valence-electron chi connectivity index (χ1n) is 32.4. The number of hydrogen-bond acceptors (Lipinski definition) is 6. The summed E-state index contributed by atoms with van der Waals surface area (Å²) in [7, 11) is 0. The molecule has 0 bridgehead atoms. The van der Waals surface area contributed by atoms with Gasteiger partial charge in [0.1, 0.15) is 13.2 Å². The van der Waals surface area contributed by atoms with E-state index in [-0.39, 0.29) is 31.1 Å². The highest BCUT2D eigenvalue weighted by Gasteiger charge is 2.19. The minimum absolute atomic E-state index is 0.0941. The van der Waals surface area contributed by atoms with Crippen LogP contribution in [0.4, 0.5) is 0 Å². The molecule has 0 heterocycles. The molecule has 0 aliphatic heterocycles. The Labute approximate surface area is 476 Å². The molecule has 0 fully saturated rings. The van der Waals surface area contributed by atoms with Crippen molar-refractivity contribution in [3.05, 3.63) is 109 Å². The number of esters is 3. The fourth-order valence-electron chi connectivity index (χ4n) is 8.95. The first kappa shape index (κ1) is 73.1. The lowest BCUT2D eigenvalue weighted by Crippen LogP contribution is -2.30. The zero-order valence-corrected chi connectivity index (χ0v) is 50.4. The minimum Gasteiger partial charge on any atom is -0.462 e. The van der Waals surface area contributed by atoms with Gasteiger partial charge in [0.15, 0.2) is 6.10 Å². The maximum atomic E-state index is 12.9. The van der Waals surface area contributed by atoms with E-state index in [1.165, 1.54) is 141 Å². The van der Waals surface area contributed by atoms with Crippen LogP contribution in [-0.4, -0.2) is 37.2 Å². The number of hydrogen-bond donors (Lipinski definition) is 0. The molecular formula is C71H120O6. The Balaban J connectivity index is 4.36. The fraction of sp³-hybridized carbons (Fsp3) is 0.704. The second kappa shape index (κ2) is 64.6. The molecule has 1 atom stereocenters. The molecule has 77 heavy (non-hydrogen) atoms. The first-order chi connectivity index (χ1) is 38.0. The summed E-state index contributed by atoms with van der Waals surface area (Å²) >= 11 is 0. The van der Waals surface area contributed by atoms with Crippen molar-refractivity contribution in [1.29, 1.82) is 0 Å². The van der Waals surface area contributed by atoms with Gasteiger partial charge in [-0.3, -0.25) is 14.4 Å². The number of ether oxygens (including phenoxy) is 3. The highest BCUT2D eigenvalue weighted by atomic mass is 16.6. The van der Waals surface area contributed by atoms with E-state index in [9.17, 15) is 14.4 Å². The molecule has 0 rings (SSSR count). The summed E-state index contributed by atoms with van der Waals surface area (Å²) in [5, 5.41) is 0. The van der Waals surface area contributed by atoms with Crippen molar-refractivity contribution < 1.29 is 28.6 Å². The van der Waals surface area contributed by atoms with Crippen LogP contribution in [0.25, 0.3) is 0 Å². The van der Waals surface area contributed by atoms with Crippen molar-refractivity contribution in [1.82, 2.24) is 0 Å². The van der Waals surface area contributed by atoms with Gasteiger partial charge in [-0.15, -0.1) is 0 Å². The smallest absolute Gasteiger partial charge is 0.306 e.